The molecule has 1 fully saturated rings. The first-order valence-electron chi connectivity index (χ1n) is 7.26. The van der Waals surface area contributed by atoms with E-state index in [1.165, 1.54) is 12.3 Å². The van der Waals surface area contributed by atoms with Crippen LogP contribution in [0.5, 0.6) is 0 Å². The number of carboxylic acid groups (broad SMARTS) is 2. The van der Waals surface area contributed by atoms with E-state index in [0.717, 1.165) is 0 Å². The summed E-state index contributed by atoms with van der Waals surface area (Å²) in [5.74, 6) is -2.09. The van der Waals surface area contributed by atoms with Crippen LogP contribution in [0, 0.1) is 5.41 Å². The van der Waals surface area contributed by atoms with Crippen molar-refractivity contribution < 1.29 is 24.9 Å². The van der Waals surface area contributed by atoms with Crippen LogP contribution in [-0.2, 0) is 4.79 Å². The van der Waals surface area contributed by atoms with Crippen LogP contribution in [0.1, 0.15) is 36.7 Å². The number of aromatic nitrogens is 1. The Morgan fingerprint density at radius 1 is 1.45 bits per heavy atom. The Kier molecular flexibility index (Phi) is 4.65. The van der Waals surface area contributed by atoms with Crippen molar-refractivity contribution in [3.8, 4) is 0 Å². The van der Waals surface area contributed by atoms with E-state index in [0.29, 0.717) is 31.5 Å². The van der Waals surface area contributed by atoms with Gasteiger partial charge in [0.05, 0.1) is 11.5 Å². The fourth-order valence-electron chi connectivity index (χ4n) is 3.04. The molecule has 0 aromatic carbocycles. The van der Waals surface area contributed by atoms with Crippen LogP contribution < -0.4 is 4.90 Å². The van der Waals surface area contributed by atoms with Gasteiger partial charge in [-0.1, -0.05) is 13.3 Å². The molecule has 2 heterocycles. The first kappa shape index (κ1) is 16.2. The van der Waals surface area contributed by atoms with Crippen molar-refractivity contribution in [2.75, 3.05) is 18.0 Å². The number of hydrogen-bond donors (Lipinski definition) is 3. The molecule has 0 radical (unpaired) electrons. The molecule has 7 heteroatoms. The summed E-state index contributed by atoms with van der Waals surface area (Å²) < 4.78 is 0. The highest BCUT2D eigenvalue weighted by atomic mass is 16.4. The van der Waals surface area contributed by atoms with Gasteiger partial charge in [0.2, 0.25) is 0 Å². The average Bonchev–Trinajstić information content (AvgIpc) is 2.49. The zero-order valence-electron chi connectivity index (χ0n) is 12.4. The summed E-state index contributed by atoms with van der Waals surface area (Å²) >= 11 is 0. The van der Waals surface area contributed by atoms with Crippen molar-refractivity contribution >= 4 is 17.6 Å². The number of aliphatic hydroxyl groups excluding tert-OH is 1. The minimum Gasteiger partial charge on any atom is -0.481 e. The van der Waals surface area contributed by atoms with Gasteiger partial charge < -0.3 is 20.2 Å². The minimum absolute atomic E-state index is 0.0735. The summed E-state index contributed by atoms with van der Waals surface area (Å²) in [7, 11) is 0. The van der Waals surface area contributed by atoms with Crippen LogP contribution in [0.15, 0.2) is 18.3 Å². The zero-order valence-corrected chi connectivity index (χ0v) is 12.4. The molecule has 1 aromatic rings. The van der Waals surface area contributed by atoms with Gasteiger partial charge in [0.25, 0.3) is 0 Å². The molecular formula is C15H20N2O5. The second-order valence-electron chi connectivity index (χ2n) is 5.63. The number of carbonyl (C=O) groups is 2. The maximum Gasteiger partial charge on any atom is 0.354 e. The number of aliphatic carboxylic acids is 1. The summed E-state index contributed by atoms with van der Waals surface area (Å²) in [6.45, 7) is 2.51. The maximum absolute atomic E-state index is 11.6. The summed E-state index contributed by atoms with van der Waals surface area (Å²) in [6.07, 6.45) is 1.83. The second-order valence-corrected chi connectivity index (χ2v) is 5.63. The molecule has 0 amide bonds. The van der Waals surface area contributed by atoms with E-state index < -0.39 is 23.5 Å². The van der Waals surface area contributed by atoms with Crippen LogP contribution in [0.2, 0.25) is 0 Å². The zero-order chi connectivity index (χ0) is 16.3. The Labute approximate surface area is 128 Å². The van der Waals surface area contributed by atoms with Crippen molar-refractivity contribution in [3.63, 3.8) is 0 Å². The molecule has 0 spiro atoms. The van der Waals surface area contributed by atoms with E-state index in [4.69, 9.17) is 5.11 Å². The van der Waals surface area contributed by atoms with Crippen LogP contribution in [0.4, 0.5) is 5.69 Å². The number of carboxylic acids is 2. The summed E-state index contributed by atoms with van der Waals surface area (Å²) in [6, 6.07) is 3.09. The van der Waals surface area contributed by atoms with Gasteiger partial charge in [-0.15, -0.1) is 0 Å². The van der Waals surface area contributed by atoms with Gasteiger partial charge in [0, 0.05) is 25.0 Å². The van der Waals surface area contributed by atoms with Crippen molar-refractivity contribution in [3.05, 3.63) is 24.0 Å². The maximum atomic E-state index is 11.6. The molecule has 1 aliphatic rings. The number of nitrogens with zero attached hydrogens (tertiary/aromatic N) is 2. The van der Waals surface area contributed by atoms with Crippen LogP contribution in [0.3, 0.4) is 0 Å². The van der Waals surface area contributed by atoms with E-state index in [1.54, 1.807) is 11.0 Å². The van der Waals surface area contributed by atoms with Crippen molar-refractivity contribution in [1.29, 1.82) is 0 Å². The minimum atomic E-state index is -1.12. The number of aromatic carboxylic acids is 1. The number of rotatable bonds is 5. The highest BCUT2D eigenvalue weighted by Gasteiger charge is 2.47. The van der Waals surface area contributed by atoms with Crippen LogP contribution in [0.25, 0.3) is 0 Å². The second kappa shape index (κ2) is 6.31. The van der Waals surface area contributed by atoms with Crippen molar-refractivity contribution in [2.24, 2.45) is 5.41 Å². The third-order valence-electron chi connectivity index (χ3n) is 4.31. The SMILES string of the molecule is CCC[C@]1(C(=O)O)CCN(c2ccnc(C(=O)O)c2)CC1O. The van der Waals surface area contributed by atoms with Crippen LogP contribution in [-0.4, -0.2) is 51.4 Å². The molecule has 1 unspecified atom stereocenters. The monoisotopic (exact) mass is 308 g/mol. The van der Waals surface area contributed by atoms with Crippen molar-refractivity contribution in [2.45, 2.75) is 32.3 Å². The van der Waals surface area contributed by atoms with Gasteiger partial charge in [-0.2, -0.15) is 0 Å². The quantitative estimate of drug-likeness (QED) is 0.750. The van der Waals surface area contributed by atoms with E-state index in [9.17, 15) is 19.8 Å². The number of aliphatic hydroxyl groups is 1. The lowest BCUT2D eigenvalue weighted by molar-refractivity contribution is -0.159. The predicted octanol–water partition coefficient (Wildman–Crippen LogP) is 1.22. The molecule has 120 valence electrons. The summed E-state index contributed by atoms with van der Waals surface area (Å²) in [5.41, 5.74) is -0.564. The Morgan fingerprint density at radius 3 is 2.73 bits per heavy atom. The molecule has 1 aliphatic heterocycles. The number of hydrogen-bond acceptors (Lipinski definition) is 5. The summed E-state index contributed by atoms with van der Waals surface area (Å²) in [5, 5.41) is 28.9. The first-order chi connectivity index (χ1) is 10.4. The first-order valence-corrected chi connectivity index (χ1v) is 7.26. The molecule has 0 aliphatic carbocycles. The Morgan fingerprint density at radius 2 is 2.18 bits per heavy atom. The van der Waals surface area contributed by atoms with Crippen LogP contribution >= 0.6 is 0 Å². The lowest BCUT2D eigenvalue weighted by atomic mass is 9.72. The highest BCUT2D eigenvalue weighted by Crippen LogP contribution is 2.38. The van der Waals surface area contributed by atoms with E-state index in [1.807, 2.05) is 6.92 Å². The van der Waals surface area contributed by atoms with Gasteiger partial charge in [0.15, 0.2) is 0 Å². The fraction of sp³-hybridized carbons (Fsp3) is 0.533. The Bertz CT molecular complexity index is 577. The third-order valence-corrected chi connectivity index (χ3v) is 4.31. The lowest BCUT2D eigenvalue weighted by Crippen LogP contribution is -2.54. The smallest absolute Gasteiger partial charge is 0.354 e. The molecular weight excluding hydrogens is 288 g/mol. The average molecular weight is 308 g/mol. The van der Waals surface area contributed by atoms with Gasteiger partial charge in [0.1, 0.15) is 5.69 Å². The van der Waals surface area contributed by atoms with Gasteiger partial charge >= 0.3 is 11.9 Å². The number of pyridine rings is 1. The molecule has 1 aromatic heterocycles. The third kappa shape index (κ3) is 2.89. The molecule has 0 saturated carbocycles. The highest BCUT2D eigenvalue weighted by molar-refractivity contribution is 5.86. The van der Waals surface area contributed by atoms with Gasteiger partial charge in [-0.3, -0.25) is 4.79 Å². The molecule has 3 N–H and O–H groups in total. The normalized spacial score (nSPS) is 25.0. The number of piperidine rings is 1. The number of β-amino-alcohol motifs (C(OH)–C–C–N with tert-alkyl or cyclic N) is 1. The molecule has 1 saturated heterocycles. The van der Waals surface area contributed by atoms with Crippen molar-refractivity contribution in [1.82, 2.24) is 4.98 Å². The fourth-order valence-corrected chi connectivity index (χ4v) is 3.04. The predicted molar refractivity (Wildman–Crippen MR) is 79.0 cm³/mol. The topological polar surface area (TPSA) is 111 Å². The van der Waals surface area contributed by atoms with Gasteiger partial charge in [-0.25, -0.2) is 9.78 Å². The van der Waals surface area contributed by atoms with E-state index >= 15 is 0 Å². The van der Waals surface area contributed by atoms with E-state index in [-0.39, 0.29) is 12.2 Å². The summed E-state index contributed by atoms with van der Waals surface area (Å²) in [4.78, 5) is 28.1. The van der Waals surface area contributed by atoms with Gasteiger partial charge in [-0.05, 0) is 25.0 Å². The standard InChI is InChI=1S/C15H20N2O5/c1-2-4-15(14(21)22)5-7-17(9-12(15)18)10-3-6-16-11(8-10)13(19)20/h3,6,8,12,18H,2,4-5,7,9H2,1H3,(H,19,20)(H,21,22)/t12?,15-/m0/s1. The Hall–Kier alpha value is -2.15. The molecule has 2 atom stereocenters. The largest absolute Gasteiger partial charge is 0.481 e. The lowest BCUT2D eigenvalue weighted by Gasteiger charge is -2.43. The molecule has 0 bridgehead atoms. The Balaban J connectivity index is 2.20. The molecule has 7 nitrogen and oxygen atoms in total. The molecule has 2 rings (SSSR count). The van der Waals surface area contributed by atoms with E-state index in [2.05, 4.69) is 4.98 Å². The number of anilines is 1. The molecule has 22 heavy (non-hydrogen) atoms.